The van der Waals surface area contributed by atoms with E-state index in [9.17, 15) is 4.39 Å². The summed E-state index contributed by atoms with van der Waals surface area (Å²) in [6.07, 6.45) is 0.974. The fourth-order valence-electron chi connectivity index (χ4n) is 2.46. The first-order chi connectivity index (χ1) is 10.6. The highest BCUT2D eigenvalue weighted by Crippen LogP contribution is 2.29. The summed E-state index contributed by atoms with van der Waals surface area (Å²) in [4.78, 5) is 0.729. The highest BCUT2D eigenvalue weighted by Gasteiger charge is 2.26. The van der Waals surface area contributed by atoms with E-state index in [0.29, 0.717) is 16.3 Å². The molecule has 1 aromatic carbocycles. The van der Waals surface area contributed by atoms with Crippen molar-refractivity contribution in [2.45, 2.75) is 25.4 Å². The smallest absolute Gasteiger partial charge is 0.235 e. The van der Waals surface area contributed by atoms with Gasteiger partial charge >= 0.3 is 0 Å². The normalized spacial score (nSPS) is 21.8. The number of fused-ring (bicyclic) bond motifs is 1. The molecule has 1 fully saturated rings. The van der Waals surface area contributed by atoms with Gasteiger partial charge in [0.25, 0.3) is 0 Å². The lowest BCUT2D eigenvalue weighted by Gasteiger charge is -2.03. The van der Waals surface area contributed by atoms with Gasteiger partial charge in [-0.15, -0.1) is 10.2 Å². The quantitative estimate of drug-likeness (QED) is 0.713. The number of hydrogen-bond donors (Lipinski definition) is 2. The standard InChI is InChI=1S/C13H12BrFN6S/c1-6-4-10(17-16-6)12-20-21-11(18-19-13(21)22-12)7-2-3-9(15)8(14)5-7/h2-3,5-6,10,16-17H,4H2,1H3. The van der Waals surface area contributed by atoms with Crippen molar-refractivity contribution in [3.05, 3.63) is 33.5 Å². The minimum Gasteiger partial charge on any atom is -0.254 e. The Morgan fingerprint density at radius 3 is 2.95 bits per heavy atom. The number of halogens is 2. The van der Waals surface area contributed by atoms with Crippen LogP contribution >= 0.6 is 27.3 Å². The maximum atomic E-state index is 13.4. The SMILES string of the molecule is CC1CC(c2nn3c(-c4ccc(F)c(Br)c4)nnc3s2)NN1. The molecule has 0 saturated carbocycles. The highest BCUT2D eigenvalue weighted by atomic mass is 79.9. The molecule has 0 amide bonds. The van der Waals surface area contributed by atoms with E-state index in [0.717, 1.165) is 22.0 Å². The zero-order valence-electron chi connectivity index (χ0n) is 11.5. The number of rotatable bonds is 2. The van der Waals surface area contributed by atoms with E-state index in [1.807, 2.05) is 0 Å². The predicted molar refractivity (Wildman–Crippen MR) is 84.8 cm³/mol. The van der Waals surface area contributed by atoms with Crippen molar-refractivity contribution in [2.75, 3.05) is 0 Å². The van der Waals surface area contributed by atoms with Gasteiger partial charge in [-0.2, -0.15) is 9.61 Å². The lowest BCUT2D eigenvalue weighted by molar-refractivity contribution is 0.555. The Morgan fingerprint density at radius 2 is 2.23 bits per heavy atom. The Labute approximate surface area is 137 Å². The Kier molecular flexibility index (Phi) is 3.44. The van der Waals surface area contributed by atoms with Crippen molar-refractivity contribution >= 4 is 32.2 Å². The van der Waals surface area contributed by atoms with Crippen molar-refractivity contribution < 1.29 is 4.39 Å². The number of hydrazine groups is 1. The molecule has 22 heavy (non-hydrogen) atoms. The van der Waals surface area contributed by atoms with Crippen LogP contribution < -0.4 is 10.9 Å². The van der Waals surface area contributed by atoms with Crippen LogP contribution in [-0.2, 0) is 0 Å². The Bertz CT molecular complexity index is 846. The molecule has 3 heterocycles. The van der Waals surface area contributed by atoms with Crippen LogP contribution in [0.2, 0.25) is 0 Å². The molecule has 1 aliphatic rings. The summed E-state index contributed by atoms with van der Waals surface area (Å²) in [5, 5.41) is 13.9. The van der Waals surface area contributed by atoms with Crippen LogP contribution in [0.3, 0.4) is 0 Å². The van der Waals surface area contributed by atoms with Gasteiger partial charge in [-0.25, -0.2) is 9.82 Å². The molecular formula is C13H12BrFN6S. The molecule has 6 nitrogen and oxygen atoms in total. The first-order valence-electron chi connectivity index (χ1n) is 6.80. The van der Waals surface area contributed by atoms with E-state index >= 15 is 0 Å². The first-order valence-corrected chi connectivity index (χ1v) is 8.41. The van der Waals surface area contributed by atoms with Gasteiger partial charge in [0.2, 0.25) is 4.96 Å². The summed E-state index contributed by atoms with van der Waals surface area (Å²) in [6, 6.07) is 5.34. The van der Waals surface area contributed by atoms with Crippen LogP contribution in [-0.4, -0.2) is 25.9 Å². The van der Waals surface area contributed by atoms with Crippen LogP contribution in [0.25, 0.3) is 16.3 Å². The van der Waals surface area contributed by atoms with Gasteiger partial charge in [0.15, 0.2) is 5.82 Å². The number of nitrogens with zero attached hydrogens (tertiary/aromatic N) is 4. The van der Waals surface area contributed by atoms with Gasteiger partial charge in [-0.05, 0) is 47.5 Å². The van der Waals surface area contributed by atoms with Gasteiger partial charge in [0.1, 0.15) is 10.8 Å². The molecule has 0 radical (unpaired) electrons. The number of aromatic nitrogens is 4. The van der Waals surface area contributed by atoms with E-state index in [1.165, 1.54) is 17.4 Å². The van der Waals surface area contributed by atoms with Gasteiger partial charge in [-0.1, -0.05) is 11.3 Å². The molecular weight excluding hydrogens is 371 g/mol. The van der Waals surface area contributed by atoms with Crippen molar-refractivity contribution in [1.29, 1.82) is 0 Å². The predicted octanol–water partition coefficient (Wildman–Crippen LogP) is 2.68. The fraction of sp³-hybridized carbons (Fsp3) is 0.308. The molecule has 2 aromatic heterocycles. The van der Waals surface area contributed by atoms with E-state index in [4.69, 9.17) is 0 Å². The zero-order chi connectivity index (χ0) is 15.3. The summed E-state index contributed by atoms with van der Waals surface area (Å²) >= 11 is 4.70. The Balaban J connectivity index is 1.75. The summed E-state index contributed by atoms with van der Waals surface area (Å²) in [7, 11) is 0. The summed E-state index contributed by atoms with van der Waals surface area (Å²) in [6.45, 7) is 2.12. The van der Waals surface area contributed by atoms with Crippen LogP contribution in [0.1, 0.15) is 24.4 Å². The molecule has 0 aliphatic carbocycles. The second kappa shape index (κ2) is 5.34. The number of benzene rings is 1. The fourth-order valence-corrected chi connectivity index (χ4v) is 3.75. The van der Waals surface area contributed by atoms with E-state index < -0.39 is 0 Å². The lowest BCUT2D eigenvalue weighted by atomic mass is 10.2. The van der Waals surface area contributed by atoms with Crippen LogP contribution in [0.5, 0.6) is 0 Å². The minimum absolute atomic E-state index is 0.175. The van der Waals surface area contributed by atoms with Crippen molar-refractivity contribution in [3.63, 3.8) is 0 Å². The van der Waals surface area contributed by atoms with Gasteiger partial charge in [0, 0.05) is 11.6 Å². The molecule has 3 aromatic rings. The molecule has 114 valence electrons. The summed E-state index contributed by atoms with van der Waals surface area (Å²) < 4.78 is 15.5. The second-order valence-electron chi connectivity index (χ2n) is 5.27. The minimum atomic E-state index is -0.307. The molecule has 4 rings (SSSR count). The first kappa shape index (κ1) is 14.2. The summed E-state index contributed by atoms with van der Waals surface area (Å²) in [5.74, 6) is 0.302. The maximum Gasteiger partial charge on any atom is 0.235 e. The van der Waals surface area contributed by atoms with Crippen LogP contribution in [0.15, 0.2) is 22.7 Å². The molecule has 2 N–H and O–H groups in total. The van der Waals surface area contributed by atoms with E-state index in [-0.39, 0.29) is 11.9 Å². The van der Waals surface area contributed by atoms with Crippen LogP contribution in [0, 0.1) is 5.82 Å². The maximum absolute atomic E-state index is 13.4. The van der Waals surface area contributed by atoms with Crippen molar-refractivity contribution in [1.82, 2.24) is 30.7 Å². The molecule has 9 heteroatoms. The van der Waals surface area contributed by atoms with E-state index in [1.54, 1.807) is 16.6 Å². The molecule has 1 aliphatic heterocycles. The van der Waals surface area contributed by atoms with Crippen molar-refractivity contribution in [2.24, 2.45) is 0 Å². The topological polar surface area (TPSA) is 67.1 Å². The summed E-state index contributed by atoms with van der Waals surface area (Å²) in [5.41, 5.74) is 7.18. The molecule has 0 spiro atoms. The van der Waals surface area contributed by atoms with Gasteiger partial charge in [0.05, 0.1) is 10.5 Å². The third kappa shape index (κ3) is 2.34. The third-order valence-electron chi connectivity index (χ3n) is 3.58. The van der Waals surface area contributed by atoms with Gasteiger partial charge in [-0.3, -0.25) is 5.43 Å². The molecule has 1 saturated heterocycles. The highest BCUT2D eigenvalue weighted by molar-refractivity contribution is 9.10. The third-order valence-corrected chi connectivity index (χ3v) is 5.20. The van der Waals surface area contributed by atoms with Gasteiger partial charge < -0.3 is 0 Å². The number of nitrogens with one attached hydrogen (secondary N) is 2. The largest absolute Gasteiger partial charge is 0.254 e. The monoisotopic (exact) mass is 382 g/mol. The molecule has 0 bridgehead atoms. The Morgan fingerprint density at radius 1 is 1.36 bits per heavy atom. The zero-order valence-corrected chi connectivity index (χ0v) is 13.9. The number of hydrogen-bond acceptors (Lipinski definition) is 6. The lowest BCUT2D eigenvalue weighted by Crippen LogP contribution is -2.28. The molecule has 2 atom stereocenters. The Hall–Kier alpha value is -1.42. The van der Waals surface area contributed by atoms with Crippen LogP contribution in [0.4, 0.5) is 4.39 Å². The average molecular weight is 383 g/mol. The second-order valence-corrected chi connectivity index (χ2v) is 7.11. The molecule has 2 unspecified atom stereocenters. The average Bonchev–Trinajstić information content (AvgIpc) is 3.16. The van der Waals surface area contributed by atoms with Crippen molar-refractivity contribution in [3.8, 4) is 11.4 Å². The van der Waals surface area contributed by atoms with E-state index in [2.05, 4.69) is 49.0 Å².